The van der Waals surface area contributed by atoms with Crippen molar-refractivity contribution in [2.24, 2.45) is 0 Å². The number of hydrogen-bond donors (Lipinski definition) is 5. The molecule has 70 heavy (non-hydrogen) atoms. The number of carbonyl (C=O) groups is 6. The van der Waals surface area contributed by atoms with Crippen LogP contribution in [-0.4, -0.2) is 91.2 Å². The molecule has 0 atom stereocenters. The molecule has 0 radical (unpaired) electrons. The number of hydrogen-bond acceptors (Lipinski definition) is 12. The largest absolute Gasteiger partial charge is 0.444 e. The first-order chi connectivity index (χ1) is 32.8. The van der Waals surface area contributed by atoms with E-state index >= 15 is 0 Å². The topological polar surface area (TPSA) is 217 Å². The molecule has 0 fully saturated rings. The van der Waals surface area contributed by atoms with Gasteiger partial charge < -0.3 is 35.2 Å². The number of carbonyl (C=O) groups excluding carboxylic acids is 6. The van der Waals surface area contributed by atoms with E-state index in [0.29, 0.717) is 57.7 Å². The zero-order valence-electron chi connectivity index (χ0n) is 42.0. The van der Waals surface area contributed by atoms with E-state index in [-0.39, 0.29) is 6.61 Å². The Hall–Kier alpha value is -6.06. The van der Waals surface area contributed by atoms with Crippen molar-refractivity contribution in [1.82, 2.24) is 5.32 Å². The summed E-state index contributed by atoms with van der Waals surface area (Å²) in [6.45, 7) is 12.1. The van der Waals surface area contributed by atoms with Crippen molar-refractivity contribution in [2.45, 2.75) is 155 Å². The first kappa shape index (κ1) is 56.5. The van der Waals surface area contributed by atoms with E-state index in [0.717, 1.165) is 64.2 Å². The van der Waals surface area contributed by atoms with Crippen LogP contribution in [0.4, 0.5) is 15.3 Å². The summed E-state index contributed by atoms with van der Waals surface area (Å²) in [4.78, 5) is 78.4. The minimum Gasteiger partial charge on any atom is -0.444 e. The molecule has 0 spiro atoms. The van der Waals surface area contributed by atoms with Gasteiger partial charge in [-0.05, 0) is 109 Å². The summed E-state index contributed by atoms with van der Waals surface area (Å²) in [7, 11) is 0. The minimum absolute atomic E-state index is 0.0354. The van der Waals surface area contributed by atoms with E-state index in [2.05, 4.69) is 5.32 Å². The molecule has 0 bridgehead atoms. The number of Topliss-reactive ketones (excluding diaryl/α,β-unsaturated/α-hetero) is 4. The van der Waals surface area contributed by atoms with E-state index in [1.54, 1.807) is 97.1 Å². The van der Waals surface area contributed by atoms with Gasteiger partial charge in [0.05, 0.1) is 0 Å². The molecular formula is C56H72N2O12. The fourth-order valence-corrected chi connectivity index (χ4v) is 7.60. The van der Waals surface area contributed by atoms with Gasteiger partial charge in [0.25, 0.3) is 0 Å². The average molecular weight is 965 g/mol. The van der Waals surface area contributed by atoms with Crippen LogP contribution in [0.1, 0.15) is 184 Å². The number of alkyl carbamates (subject to hydrolysis) is 1. The maximum absolute atomic E-state index is 13.5. The third-order valence-electron chi connectivity index (χ3n) is 11.7. The summed E-state index contributed by atoms with van der Waals surface area (Å²) in [6.07, 6.45) is 7.43. The molecule has 14 heteroatoms. The van der Waals surface area contributed by atoms with Crippen molar-refractivity contribution < 1.29 is 58.7 Å². The summed E-state index contributed by atoms with van der Waals surface area (Å²) in [5, 5.41) is 43.5. The standard InChI is InChI=1S/C56H72N2O12/c1-53(2,65)47(59)41-21-19-38(20-22-41)37-69-52(64)58(45-33-31-44(32-34-45)50(62)56(7,8)68)36-18-16-14-12-10-9-11-13-15-17-35-57-51(63)70-46(39-23-27-42(28-24-39)48(60)54(3,4)66)40-25-29-43(30-26-40)49(61)55(5,6)67/h19-34,46,65-68H,9-18,35-37H2,1-8H3,(H,57,63). The molecule has 0 saturated heterocycles. The number of rotatable bonds is 27. The summed E-state index contributed by atoms with van der Waals surface area (Å²) in [6, 6.07) is 25.9. The predicted molar refractivity (Wildman–Crippen MR) is 268 cm³/mol. The molecule has 2 amide bonds. The van der Waals surface area contributed by atoms with E-state index in [9.17, 15) is 49.2 Å². The highest BCUT2D eigenvalue weighted by Gasteiger charge is 2.29. The van der Waals surface area contributed by atoms with Gasteiger partial charge in [0.1, 0.15) is 29.0 Å². The number of amides is 2. The Morgan fingerprint density at radius 2 is 0.800 bits per heavy atom. The molecule has 14 nitrogen and oxygen atoms in total. The maximum atomic E-state index is 13.5. The Morgan fingerprint density at radius 1 is 0.471 bits per heavy atom. The van der Waals surface area contributed by atoms with Gasteiger partial charge in [-0.3, -0.25) is 24.1 Å². The molecule has 0 aromatic heterocycles. The van der Waals surface area contributed by atoms with Crippen molar-refractivity contribution in [1.29, 1.82) is 0 Å². The van der Waals surface area contributed by atoms with Crippen LogP contribution in [0.5, 0.6) is 0 Å². The molecule has 0 heterocycles. The van der Waals surface area contributed by atoms with Crippen LogP contribution in [-0.2, 0) is 16.1 Å². The van der Waals surface area contributed by atoms with Crippen LogP contribution in [0.25, 0.3) is 0 Å². The van der Waals surface area contributed by atoms with Crippen LogP contribution < -0.4 is 10.2 Å². The van der Waals surface area contributed by atoms with Crippen molar-refractivity contribution in [3.05, 3.63) is 136 Å². The van der Waals surface area contributed by atoms with Gasteiger partial charge in [-0.25, -0.2) is 9.59 Å². The lowest BCUT2D eigenvalue weighted by atomic mass is 9.92. The van der Waals surface area contributed by atoms with Gasteiger partial charge in [0.15, 0.2) is 29.2 Å². The first-order valence-electron chi connectivity index (χ1n) is 24.1. The van der Waals surface area contributed by atoms with Crippen LogP contribution in [0, 0.1) is 0 Å². The SMILES string of the molecule is CC(C)(O)C(=O)c1ccc(COC(=O)N(CCCCCCCCCCCCNC(=O)OC(c2ccc(C(=O)C(C)(C)O)cc2)c2ccc(C(=O)C(C)(C)O)cc2)c2ccc(C(=O)C(C)(C)O)cc2)cc1. The summed E-state index contributed by atoms with van der Waals surface area (Å²) in [5.41, 5.74) is -2.51. The van der Waals surface area contributed by atoms with Crippen molar-refractivity contribution in [2.75, 3.05) is 18.0 Å². The Bertz CT molecular complexity index is 2300. The highest BCUT2D eigenvalue weighted by molar-refractivity contribution is 6.03. The van der Waals surface area contributed by atoms with Gasteiger partial charge in [-0.1, -0.05) is 124 Å². The second-order valence-electron chi connectivity index (χ2n) is 20.0. The fraction of sp³-hybridized carbons (Fsp3) is 0.464. The molecule has 0 aliphatic heterocycles. The quantitative estimate of drug-likeness (QED) is 0.0279. The van der Waals surface area contributed by atoms with Gasteiger partial charge in [0.2, 0.25) is 0 Å². The van der Waals surface area contributed by atoms with E-state index in [1.165, 1.54) is 60.3 Å². The van der Waals surface area contributed by atoms with Crippen molar-refractivity contribution in [3.8, 4) is 0 Å². The fourth-order valence-electron chi connectivity index (χ4n) is 7.60. The molecular weight excluding hydrogens is 893 g/mol. The number of ketones is 4. The second-order valence-corrected chi connectivity index (χ2v) is 20.0. The van der Waals surface area contributed by atoms with E-state index < -0.39 is 63.8 Å². The summed E-state index contributed by atoms with van der Waals surface area (Å²) < 4.78 is 11.6. The summed E-state index contributed by atoms with van der Waals surface area (Å²) >= 11 is 0. The van der Waals surface area contributed by atoms with Crippen LogP contribution in [0.2, 0.25) is 0 Å². The minimum atomic E-state index is -1.56. The van der Waals surface area contributed by atoms with E-state index in [1.807, 2.05) is 0 Å². The monoisotopic (exact) mass is 965 g/mol. The number of benzene rings is 4. The van der Waals surface area contributed by atoms with Crippen LogP contribution in [0.3, 0.4) is 0 Å². The Morgan fingerprint density at radius 3 is 1.17 bits per heavy atom. The molecule has 4 rings (SSSR count). The molecule has 0 aliphatic rings. The molecule has 4 aromatic carbocycles. The first-order valence-corrected chi connectivity index (χ1v) is 24.1. The normalized spacial score (nSPS) is 12.1. The van der Waals surface area contributed by atoms with Gasteiger partial charge >= 0.3 is 12.2 Å². The smallest absolute Gasteiger partial charge is 0.414 e. The Kier molecular flexibility index (Phi) is 20.3. The lowest BCUT2D eigenvalue weighted by molar-refractivity contribution is 0.0487. The summed E-state index contributed by atoms with van der Waals surface area (Å²) in [5.74, 6) is -1.75. The lowest BCUT2D eigenvalue weighted by Gasteiger charge is -2.23. The molecule has 378 valence electrons. The van der Waals surface area contributed by atoms with Gasteiger partial charge in [0, 0.05) is 41.0 Å². The number of nitrogens with one attached hydrogen (secondary N) is 1. The molecule has 0 saturated carbocycles. The maximum Gasteiger partial charge on any atom is 0.414 e. The average Bonchev–Trinajstić information content (AvgIpc) is 3.31. The van der Waals surface area contributed by atoms with Crippen molar-refractivity contribution in [3.63, 3.8) is 0 Å². The van der Waals surface area contributed by atoms with Gasteiger partial charge in [-0.2, -0.15) is 0 Å². The highest BCUT2D eigenvalue weighted by atomic mass is 16.6. The van der Waals surface area contributed by atoms with E-state index in [4.69, 9.17) is 9.47 Å². The highest BCUT2D eigenvalue weighted by Crippen LogP contribution is 2.29. The molecule has 0 aliphatic carbocycles. The molecule has 4 aromatic rings. The Labute approximate surface area is 412 Å². The Balaban J connectivity index is 1.20. The molecule has 0 unspecified atom stereocenters. The number of unbranched alkanes of at least 4 members (excludes halogenated alkanes) is 9. The number of aliphatic hydroxyl groups is 4. The van der Waals surface area contributed by atoms with Crippen molar-refractivity contribution >= 4 is 41.0 Å². The third kappa shape index (κ3) is 17.4. The number of nitrogens with zero attached hydrogens (tertiary/aromatic N) is 1. The van der Waals surface area contributed by atoms with Gasteiger partial charge in [-0.15, -0.1) is 0 Å². The third-order valence-corrected chi connectivity index (χ3v) is 11.7. The van der Waals surface area contributed by atoms with Crippen LogP contribution >= 0.6 is 0 Å². The lowest BCUT2D eigenvalue weighted by Crippen LogP contribution is -2.33. The molecule has 5 N–H and O–H groups in total. The predicted octanol–water partition coefficient (Wildman–Crippen LogP) is 10.1. The number of ether oxygens (including phenoxy) is 2. The van der Waals surface area contributed by atoms with Crippen LogP contribution in [0.15, 0.2) is 97.1 Å². The zero-order valence-corrected chi connectivity index (χ0v) is 42.0. The second kappa shape index (κ2) is 25.2. The zero-order chi connectivity index (χ0) is 51.9. The number of anilines is 1.